The van der Waals surface area contributed by atoms with E-state index < -0.39 is 0 Å². The van der Waals surface area contributed by atoms with Crippen LogP contribution in [0.4, 0.5) is 0 Å². The summed E-state index contributed by atoms with van der Waals surface area (Å²) in [5, 5.41) is 5.77. The van der Waals surface area contributed by atoms with Crippen LogP contribution in [-0.2, 0) is 4.74 Å². The molecule has 2 rings (SSSR count). The van der Waals surface area contributed by atoms with Crippen LogP contribution >= 0.6 is 11.3 Å². The van der Waals surface area contributed by atoms with E-state index in [1.54, 1.807) is 0 Å². The topological polar surface area (TPSA) is 21.3 Å². The van der Waals surface area contributed by atoms with E-state index in [2.05, 4.69) is 36.7 Å². The van der Waals surface area contributed by atoms with Crippen molar-refractivity contribution < 1.29 is 4.74 Å². The maximum Gasteiger partial charge on any atom is 0.0782 e. The summed E-state index contributed by atoms with van der Waals surface area (Å²) in [5.74, 6) is 0. The third-order valence-electron chi connectivity index (χ3n) is 3.10. The molecule has 0 saturated carbocycles. The molecular formula is C13H21NOS. The van der Waals surface area contributed by atoms with E-state index >= 15 is 0 Å². The molecule has 90 valence electrons. The maximum atomic E-state index is 5.99. The normalized spacial score (nSPS) is 27.1. The van der Waals surface area contributed by atoms with Crippen LogP contribution in [0, 0.1) is 0 Å². The second kappa shape index (κ2) is 5.80. The minimum atomic E-state index is 0.361. The second-order valence-corrected chi connectivity index (χ2v) is 5.49. The lowest BCUT2D eigenvalue weighted by molar-refractivity contribution is 0.0324. The van der Waals surface area contributed by atoms with Crippen molar-refractivity contribution in [3.63, 3.8) is 0 Å². The summed E-state index contributed by atoms with van der Waals surface area (Å²) in [7, 11) is 0. The van der Waals surface area contributed by atoms with Crippen molar-refractivity contribution in [1.29, 1.82) is 0 Å². The third-order valence-corrected chi connectivity index (χ3v) is 4.06. The molecule has 0 aliphatic carbocycles. The Balaban J connectivity index is 2.02. The highest BCUT2D eigenvalue weighted by Gasteiger charge is 2.30. The van der Waals surface area contributed by atoms with E-state index in [-0.39, 0.29) is 0 Å². The number of nitrogens with one attached hydrogen (secondary N) is 1. The molecule has 0 amide bonds. The van der Waals surface area contributed by atoms with Crippen LogP contribution < -0.4 is 5.32 Å². The van der Waals surface area contributed by atoms with Crippen molar-refractivity contribution in [3.8, 4) is 0 Å². The zero-order valence-electron chi connectivity index (χ0n) is 10.1. The van der Waals surface area contributed by atoms with Crippen LogP contribution in [0.1, 0.15) is 44.0 Å². The molecule has 1 aromatic rings. The molecule has 3 heteroatoms. The van der Waals surface area contributed by atoms with Crippen molar-refractivity contribution in [2.24, 2.45) is 0 Å². The zero-order valence-corrected chi connectivity index (χ0v) is 10.9. The van der Waals surface area contributed by atoms with Crippen molar-refractivity contribution >= 4 is 11.3 Å². The van der Waals surface area contributed by atoms with Crippen LogP contribution in [-0.4, -0.2) is 18.8 Å². The van der Waals surface area contributed by atoms with Crippen molar-refractivity contribution in [3.05, 3.63) is 22.4 Å². The molecule has 1 fully saturated rings. The Kier molecular flexibility index (Phi) is 4.38. The van der Waals surface area contributed by atoms with Crippen LogP contribution in [0.3, 0.4) is 0 Å². The number of thiophene rings is 1. The van der Waals surface area contributed by atoms with Crippen LogP contribution in [0.2, 0.25) is 0 Å². The highest BCUT2D eigenvalue weighted by atomic mass is 32.1. The summed E-state index contributed by atoms with van der Waals surface area (Å²) >= 11 is 1.83. The highest BCUT2D eigenvalue weighted by Crippen LogP contribution is 2.32. The van der Waals surface area contributed by atoms with Gasteiger partial charge in [-0.3, -0.25) is 0 Å². The number of hydrogen-bond donors (Lipinski definition) is 1. The Morgan fingerprint density at radius 3 is 3.00 bits per heavy atom. The predicted molar refractivity (Wildman–Crippen MR) is 68.9 cm³/mol. The average molecular weight is 239 g/mol. The molecular weight excluding hydrogens is 218 g/mol. The van der Waals surface area contributed by atoms with E-state index in [9.17, 15) is 0 Å². The molecule has 1 aliphatic rings. The van der Waals surface area contributed by atoms with Gasteiger partial charge < -0.3 is 10.1 Å². The van der Waals surface area contributed by atoms with E-state index in [1.165, 1.54) is 24.1 Å². The number of ether oxygens (including phenoxy) is 1. The number of rotatable bonds is 5. The van der Waals surface area contributed by atoms with Gasteiger partial charge in [0.2, 0.25) is 0 Å². The van der Waals surface area contributed by atoms with Gasteiger partial charge in [-0.15, -0.1) is 11.3 Å². The highest BCUT2D eigenvalue weighted by molar-refractivity contribution is 7.10. The van der Waals surface area contributed by atoms with Gasteiger partial charge in [0.05, 0.1) is 18.2 Å². The first-order valence-corrected chi connectivity index (χ1v) is 7.11. The first-order chi connectivity index (χ1) is 7.81. The van der Waals surface area contributed by atoms with Crippen molar-refractivity contribution in [1.82, 2.24) is 5.32 Å². The molecule has 1 aromatic heterocycles. The summed E-state index contributed by atoms with van der Waals surface area (Å²) in [6, 6.07) is 4.73. The third kappa shape index (κ3) is 2.84. The quantitative estimate of drug-likeness (QED) is 0.850. The Labute approximate surface area is 102 Å². The minimum Gasteiger partial charge on any atom is -0.373 e. The first kappa shape index (κ1) is 12.1. The van der Waals surface area contributed by atoms with Crippen LogP contribution in [0.25, 0.3) is 0 Å². The SMILES string of the molecule is CCCNC(c1cccs1)C1CCC(C)O1. The molecule has 1 N–H and O–H groups in total. The first-order valence-electron chi connectivity index (χ1n) is 6.23. The lowest BCUT2D eigenvalue weighted by atomic mass is 10.1. The summed E-state index contributed by atoms with van der Waals surface area (Å²) in [4.78, 5) is 1.41. The molecule has 0 aromatic carbocycles. The fraction of sp³-hybridized carbons (Fsp3) is 0.692. The fourth-order valence-corrected chi connectivity index (χ4v) is 3.12. The van der Waals surface area contributed by atoms with E-state index in [0.717, 1.165) is 6.54 Å². The zero-order chi connectivity index (χ0) is 11.4. The van der Waals surface area contributed by atoms with Gasteiger partial charge in [0.25, 0.3) is 0 Å². The molecule has 16 heavy (non-hydrogen) atoms. The van der Waals surface area contributed by atoms with Crippen LogP contribution in [0.15, 0.2) is 17.5 Å². The minimum absolute atomic E-state index is 0.361. The summed E-state index contributed by atoms with van der Waals surface area (Å²) in [6.07, 6.45) is 4.33. The molecule has 0 bridgehead atoms. The monoisotopic (exact) mass is 239 g/mol. The summed E-state index contributed by atoms with van der Waals surface area (Å²) in [6.45, 7) is 5.44. The molecule has 3 unspecified atom stereocenters. The Hall–Kier alpha value is -0.380. The molecule has 1 aliphatic heterocycles. The average Bonchev–Trinajstić information content (AvgIpc) is 2.91. The van der Waals surface area contributed by atoms with Crippen molar-refractivity contribution in [2.75, 3.05) is 6.54 Å². The number of hydrogen-bond acceptors (Lipinski definition) is 3. The van der Waals surface area contributed by atoms with Gasteiger partial charge in [0.15, 0.2) is 0 Å². The Morgan fingerprint density at radius 2 is 2.44 bits per heavy atom. The smallest absolute Gasteiger partial charge is 0.0782 e. The Morgan fingerprint density at radius 1 is 1.56 bits per heavy atom. The lowest BCUT2D eigenvalue weighted by Gasteiger charge is -2.23. The molecule has 0 radical (unpaired) electrons. The standard InChI is InChI=1S/C13H21NOS/c1-3-8-14-13(12-5-4-9-16-12)11-7-6-10(2)15-11/h4-5,9-11,13-14H,3,6-8H2,1-2H3. The fourth-order valence-electron chi connectivity index (χ4n) is 2.26. The summed E-state index contributed by atoms with van der Waals surface area (Å²) in [5.41, 5.74) is 0. The predicted octanol–water partition coefficient (Wildman–Crippen LogP) is 3.36. The summed E-state index contributed by atoms with van der Waals surface area (Å²) < 4.78 is 5.99. The van der Waals surface area contributed by atoms with E-state index in [4.69, 9.17) is 4.74 Å². The molecule has 1 saturated heterocycles. The van der Waals surface area contributed by atoms with Gasteiger partial charge in [0, 0.05) is 4.88 Å². The largest absolute Gasteiger partial charge is 0.373 e. The molecule has 3 atom stereocenters. The van der Waals surface area contributed by atoms with E-state index in [0.29, 0.717) is 18.2 Å². The van der Waals surface area contributed by atoms with E-state index in [1.807, 2.05) is 11.3 Å². The lowest BCUT2D eigenvalue weighted by Crippen LogP contribution is -2.32. The van der Waals surface area contributed by atoms with Gasteiger partial charge in [-0.05, 0) is 44.2 Å². The maximum absolute atomic E-state index is 5.99. The van der Waals surface area contributed by atoms with Crippen molar-refractivity contribution in [2.45, 2.75) is 51.4 Å². The van der Waals surface area contributed by atoms with Gasteiger partial charge in [0.1, 0.15) is 0 Å². The molecule has 0 spiro atoms. The van der Waals surface area contributed by atoms with Gasteiger partial charge in [-0.25, -0.2) is 0 Å². The second-order valence-electron chi connectivity index (χ2n) is 4.51. The van der Waals surface area contributed by atoms with Gasteiger partial charge in [-0.2, -0.15) is 0 Å². The Bertz CT molecular complexity index is 299. The van der Waals surface area contributed by atoms with Crippen LogP contribution in [0.5, 0.6) is 0 Å². The molecule has 2 heterocycles. The molecule has 2 nitrogen and oxygen atoms in total. The van der Waals surface area contributed by atoms with Gasteiger partial charge in [-0.1, -0.05) is 13.0 Å². The van der Waals surface area contributed by atoms with Gasteiger partial charge >= 0.3 is 0 Å².